The summed E-state index contributed by atoms with van der Waals surface area (Å²) in [4.78, 5) is 37.3. The van der Waals surface area contributed by atoms with Crippen LogP contribution in [-0.2, 0) is 9.59 Å². The number of H-pyrrole nitrogens is 1. The number of nitrogens with zero attached hydrogens (tertiary/aromatic N) is 3. The van der Waals surface area contributed by atoms with Crippen LogP contribution in [0.5, 0.6) is 5.75 Å². The van der Waals surface area contributed by atoms with Gasteiger partial charge in [0.05, 0.1) is 30.1 Å². The Kier molecular flexibility index (Phi) is 4.84. The average Bonchev–Trinajstić information content (AvgIpc) is 3.50. The third-order valence-electron chi connectivity index (χ3n) is 6.15. The monoisotopic (exact) mass is 422 g/mol. The van der Waals surface area contributed by atoms with Crippen LogP contribution in [0.25, 0.3) is 11.0 Å². The van der Waals surface area contributed by atoms with Crippen LogP contribution in [0, 0.1) is 11.7 Å². The Morgan fingerprint density at radius 3 is 2.97 bits per heavy atom. The van der Waals surface area contributed by atoms with E-state index < -0.39 is 5.92 Å². The summed E-state index contributed by atoms with van der Waals surface area (Å²) in [5, 5.41) is 0. The van der Waals surface area contributed by atoms with Gasteiger partial charge < -0.3 is 19.5 Å². The first-order valence-corrected chi connectivity index (χ1v) is 10.4. The normalized spacial score (nSPS) is 21.3. The third kappa shape index (κ3) is 3.52. The highest BCUT2D eigenvalue weighted by atomic mass is 19.1. The molecule has 2 amide bonds. The Morgan fingerprint density at radius 2 is 2.13 bits per heavy atom. The predicted molar refractivity (Wildman–Crippen MR) is 113 cm³/mol. The van der Waals surface area contributed by atoms with E-state index in [1.807, 2.05) is 23.1 Å². The molecule has 2 saturated heterocycles. The lowest BCUT2D eigenvalue weighted by molar-refractivity contribution is -0.136. The first kappa shape index (κ1) is 19.5. The second kappa shape index (κ2) is 7.68. The van der Waals surface area contributed by atoms with E-state index in [1.54, 1.807) is 24.1 Å². The van der Waals surface area contributed by atoms with Crippen molar-refractivity contribution in [2.75, 3.05) is 25.1 Å². The Hall–Kier alpha value is -3.42. The van der Waals surface area contributed by atoms with Crippen molar-refractivity contribution in [3.05, 3.63) is 54.1 Å². The van der Waals surface area contributed by atoms with Crippen molar-refractivity contribution < 1.29 is 18.7 Å². The SMILES string of the molecule is COc1cccc(N2CC(C(=O)N3CCCC3c3nc4ccc(F)cc4[nH]3)CC2=O)c1. The number of amides is 2. The minimum atomic E-state index is -0.402. The smallest absolute Gasteiger partial charge is 0.228 e. The highest BCUT2D eigenvalue weighted by Gasteiger charge is 2.41. The van der Waals surface area contributed by atoms with Crippen molar-refractivity contribution in [2.45, 2.75) is 25.3 Å². The highest BCUT2D eigenvalue weighted by molar-refractivity contribution is 6.00. The van der Waals surface area contributed by atoms with Crippen LogP contribution in [0.4, 0.5) is 10.1 Å². The van der Waals surface area contributed by atoms with Crippen molar-refractivity contribution in [1.29, 1.82) is 0 Å². The summed E-state index contributed by atoms with van der Waals surface area (Å²) in [6.07, 6.45) is 1.83. The van der Waals surface area contributed by atoms with Crippen molar-refractivity contribution in [3.63, 3.8) is 0 Å². The molecule has 5 rings (SSSR count). The van der Waals surface area contributed by atoms with Crippen LogP contribution in [0.15, 0.2) is 42.5 Å². The molecule has 2 aromatic carbocycles. The summed E-state index contributed by atoms with van der Waals surface area (Å²) >= 11 is 0. The van der Waals surface area contributed by atoms with Gasteiger partial charge in [0.15, 0.2) is 0 Å². The van der Waals surface area contributed by atoms with Crippen LogP contribution in [-0.4, -0.2) is 46.9 Å². The van der Waals surface area contributed by atoms with Crippen molar-refractivity contribution in [2.24, 2.45) is 5.92 Å². The highest BCUT2D eigenvalue weighted by Crippen LogP contribution is 2.35. The number of aromatic nitrogens is 2. The summed E-state index contributed by atoms with van der Waals surface area (Å²) < 4.78 is 18.8. The summed E-state index contributed by atoms with van der Waals surface area (Å²) in [6.45, 7) is 0.970. The number of imidazole rings is 1. The van der Waals surface area contributed by atoms with E-state index in [1.165, 1.54) is 12.1 Å². The van der Waals surface area contributed by atoms with Gasteiger partial charge in [-0.3, -0.25) is 9.59 Å². The standard InChI is InChI=1S/C23H23FN4O3/c1-31-17-5-2-4-16(12-17)28-13-14(10-21(28)29)23(30)27-9-3-6-20(27)22-25-18-8-7-15(24)11-19(18)26-22/h2,4-5,7-8,11-12,14,20H,3,6,9-10,13H2,1H3,(H,25,26). The lowest BCUT2D eigenvalue weighted by Crippen LogP contribution is -2.37. The molecule has 8 heteroatoms. The first-order valence-electron chi connectivity index (χ1n) is 10.4. The van der Waals surface area contributed by atoms with E-state index in [2.05, 4.69) is 9.97 Å². The van der Waals surface area contributed by atoms with Gasteiger partial charge in [0, 0.05) is 31.3 Å². The maximum atomic E-state index is 13.5. The number of anilines is 1. The van der Waals surface area contributed by atoms with Crippen molar-refractivity contribution in [1.82, 2.24) is 14.9 Å². The largest absolute Gasteiger partial charge is 0.497 e. The number of carbonyl (C=O) groups excluding carboxylic acids is 2. The zero-order valence-electron chi connectivity index (χ0n) is 17.2. The number of ether oxygens (including phenoxy) is 1. The van der Waals surface area contributed by atoms with Gasteiger partial charge in [-0.1, -0.05) is 6.07 Å². The number of benzene rings is 2. The van der Waals surface area contributed by atoms with Gasteiger partial charge in [-0.15, -0.1) is 0 Å². The van der Waals surface area contributed by atoms with E-state index in [0.717, 1.165) is 18.5 Å². The number of fused-ring (bicyclic) bond motifs is 1. The van der Waals surface area contributed by atoms with Crippen molar-refractivity contribution >= 4 is 28.5 Å². The van der Waals surface area contributed by atoms with E-state index in [4.69, 9.17) is 4.74 Å². The van der Waals surface area contributed by atoms with Crippen LogP contribution in [0.3, 0.4) is 0 Å². The average molecular weight is 422 g/mol. The number of hydrogen-bond acceptors (Lipinski definition) is 4. The Morgan fingerprint density at radius 1 is 1.26 bits per heavy atom. The van der Waals surface area contributed by atoms with Crippen LogP contribution in [0.1, 0.15) is 31.1 Å². The topological polar surface area (TPSA) is 78.5 Å². The van der Waals surface area contributed by atoms with E-state index in [0.29, 0.717) is 35.7 Å². The molecule has 0 saturated carbocycles. The molecule has 1 aromatic heterocycles. The number of likely N-dealkylation sites (tertiary alicyclic amines) is 1. The van der Waals surface area contributed by atoms with E-state index in [-0.39, 0.29) is 30.1 Å². The molecule has 3 heterocycles. The molecule has 160 valence electrons. The maximum Gasteiger partial charge on any atom is 0.228 e. The number of methoxy groups -OCH3 is 1. The molecular formula is C23H23FN4O3. The lowest BCUT2D eigenvalue weighted by atomic mass is 10.1. The second-order valence-corrected chi connectivity index (χ2v) is 8.08. The zero-order chi connectivity index (χ0) is 21.5. The minimum absolute atomic E-state index is 0.0344. The van der Waals surface area contributed by atoms with Crippen LogP contribution < -0.4 is 9.64 Å². The maximum absolute atomic E-state index is 13.5. The second-order valence-electron chi connectivity index (χ2n) is 8.08. The number of halogens is 1. The molecule has 2 aliphatic rings. The summed E-state index contributed by atoms with van der Waals surface area (Å²) in [5.41, 5.74) is 2.03. The Balaban J connectivity index is 1.35. The quantitative estimate of drug-likeness (QED) is 0.699. The molecule has 2 atom stereocenters. The molecule has 0 spiro atoms. The fraction of sp³-hybridized carbons (Fsp3) is 0.348. The predicted octanol–water partition coefficient (Wildman–Crippen LogP) is 3.43. The molecule has 2 aliphatic heterocycles. The molecule has 1 N–H and O–H groups in total. The molecular weight excluding hydrogens is 399 g/mol. The number of nitrogens with one attached hydrogen (secondary N) is 1. The molecule has 2 unspecified atom stereocenters. The van der Waals surface area contributed by atoms with Crippen LogP contribution >= 0.6 is 0 Å². The zero-order valence-corrected chi connectivity index (χ0v) is 17.2. The summed E-state index contributed by atoms with van der Waals surface area (Å²) in [6, 6.07) is 11.5. The van der Waals surface area contributed by atoms with Gasteiger partial charge in [0.2, 0.25) is 11.8 Å². The van der Waals surface area contributed by atoms with Gasteiger partial charge in [0.25, 0.3) is 0 Å². The number of hydrogen-bond donors (Lipinski definition) is 1. The van der Waals surface area contributed by atoms with Gasteiger partial charge in [-0.05, 0) is 43.2 Å². The number of rotatable bonds is 4. The molecule has 7 nitrogen and oxygen atoms in total. The molecule has 2 fully saturated rings. The minimum Gasteiger partial charge on any atom is -0.497 e. The summed E-state index contributed by atoms with van der Waals surface area (Å²) in [5.74, 6) is 0.501. The number of aromatic amines is 1. The molecule has 31 heavy (non-hydrogen) atoms. The van der Waals surface area contributed by atoms with Gasteiger partial charge in [0.1, 0.15) is 17.4 Å². The molecule has 0 radical (unpaired) electrons. The molecule has 0 bridgehead atoms. The lowest BCUT2D eigenvalue weighted by Gasteiger charge is -2.26. The molecule has 0 aliphatic carbocycles. The van der Waals surface area contributed by atoms with Gasteiger partial charge in [-0.25, -0.2) is 9.37 Å². The van der Waals surface area contributed by atoms with Gasteiger partial charge >= 0.3 is 0 Å². The fourth-order valence-electron chi connectivity index (χ4n) is 4.61. The molecule has 3 aromatic rings. The van der Waals surface area contributed by atoms with Crippen molar-refractivity contribution in [3.8, 4) is 5.75 Å². The summed E-state index contributed by atoms with van der Waals surface area (Å²) in [7, 11) is 1.58. The van der Waals surface area contributed by atoms with Gasteiger partial charge in [-0.2, -0.15) is 0 Å². The first-order chi connectivity index (χ1) is 15.0. The fourth-order valence-corrected chi connectivity index (χ4v) is 4.61. The van der Waals surface area contributed by atoms with E-state index >= 15 is 0 Å². The Bertz CT molecular complexity index is 1160. The Labute approximate surface area is 178 Å². The number of carbonyl (C=O) groups is 2. The third-order valence-corrected chi connectivity index (χ3v) is 6.15. The van der Waals surface area contributed by atoms with E-state index in [9.17, 15) is 14.0 Å². The van der Waals surface area contributed by atoms with Crippen LogP contribution in [0.2, 0.25) is 0 Å².